The first-order chi connectivity index (χ1) is 10.7. The molecule has 2 heterocycles. The molecule has 2 amide bonds. The predicted molar refractivity (Wildman–Crippen MR) is 85.4 cm³/mol. The highest BCUT2D eigenvalue weighted by molar-refractivity contribution is 5.74. The van der Waals surface area contributed by atoms with Crippen LogP contribution in [0.5, 0.6) is 0 Å². The standard InChI is InChI=1S/C16H26N4O2/c1-2-13(12-21)18-16(22)19-14-6-9-20(10-7-14)11-15-5-3-4-8-17-15/h3-5,8,13-14,21H,2,6-7,9-12H2,1H3,(H2,18,19,22). The average molecular weight is 306 g/mol. The van der Waals surface area contributed by atoms with Gasteiger partial charge in [-0.2, -0.15) is 0 Å². The first kappa shape index (κ1) is 16.7. The molecule has 1 aromatic rings. The molecule has 0 bridgehead atoms. The Labute approximate surface area is 131 Å². The second-order valence-electron chi connectivity index (χ2n) is 5.78. The molecule has 22 heavy (non-hydrogen) atoms. The lowest BCUT2D eigenvalue weighted by atomic mass is 10.0. The quantitative estimate of drug-likeness (QED) is 0.736. The van der Waals surface area contributed by atoms with Crippen molar-refractivity contribution >= 4 is 6.03 Å². The van der Waals surface area contributed by atoms with Gasteiger partial charge in [0.15, 0.2) is 0 Å². The van der Waals surface area contributed by atoms with Gasteiger partial charge in [0.1, 0.15) is 0 Å². The molecule has 0 saturated carbocycles. The number of hydrogen-bond acceptors (Lipinski definition) is 4. The van der Waals surface area contributed by atoms with Gasteiger partial charge in [0.05, 0.1) is 18.3 Å². The summed E-state index contributed by atoms with van der Waals surface area (Å²) in [5.74, 6) is 0. The first-order valence-electron chi connectivity index (χ1n) is 8.01. The summed E-state index contributed by atoms with van der Waals surface area (Å²) in [4.78, 5) is 18.6. The summed E-state index contributed by atoms with van der Waals surface area (Å²) in [5.41, 5.74) is 1.08. The zero-order chi connectivity index (χ0) is 15.8. The Morgan fingerprint density at radius 1 is 1.45 bits per heavy atom. The van der Waals surface area contributed by atoms with Gasteiger partial charge < -0.3 is 15.7 Å². The largest absolute Gasteiger partial charge is 0.394 e. The van der Waals surface area contributed by atoms with Crippen molar-refractivity contribution in [2.45, 2.75) is 44.8 Å². The van der Waals surface area contributed by atoms with Gasteiger partial charge in [0.25, 0.3) is 0 Å². The highest BCUT2D eigenvalue weighted by atomic mass is 16.3. The monoisotopic (exact) mass is 306 g/mol. The topological polar surface area (TPSA) is 77.5 Å². The van der Waals surface area contributed by atoms with Gasteiger partial charge in [-0.3, -0.25) is 9.88 Å². The molecule has 1 aromatic heterocycles. The molecule has 2 rings (SSSR count). The number of nitrogens with one attached hydrogen (secondary N) is 2. The van der Waals surface area contributed by atoms with E-state index in [9.17, 15) is 4.79 Å². The van der Waals surface area contributed by atoms with Crippen LogP contribution < -0.4 is 10.6 Å². The second kappa shape index (κ2) is 8.70. The fraction of sp³-hybridized carbons (Fsp3) is 0.625. The highest BCUT2D eigenvalue weighted by Crippen LogP contribution is 2.12. The molecule has 0 radical (unpaired) electrons. The number of pyridine rings is 1. The number of nitrogens with zero attached hydrogens (tertiary/aromatic N) is 2. The smallest absolute Gasteiger partial charge is 0.315 e. The first-order valence-corrected chi connectivity index (χ1v) is 8.01. The minimum atomic E-state index is -0.177. The van der Waals surface area contributed by atoms with Gasteiger partial charge in [0.2, 0.25) is 0 Å². The van der Waals surface area contributed by atoms with Gasteiger partial charge in [0, 0.05) is 31.9 Å². The van der Waals surface area contributed by atoms with Gasteiger partial charge in [-0.15, -0.1) is 0 Å². The van der Waals surface area contributed by atoms with E-state index >= 15 is 0 Å². The fourth-order valence-electron chi connectivity index (χ4n) is 2.65. The minimum absolute atomic E-state index is 0.0214. The van der Waals surface area contributed by atoms with Crippen LogP contribution in [0.25, 0.3) is 0 Å². The number of likely N-dealkylation sites (tertiary alicyclic amines) is 1. The van der Waals surface area contributed by atoms with Crippen LogP contribution in [0.4, 0.5) is 4.79 Å². The number of aliphatic hydroxyl groups is 1. The number of piperidine rings is 1. The minimum Gasteiger partial charge on any atom is -0.394 e. The molecule has 1 atom stereocenters. The normalized spacial score (nSPS) is 17.9. The number of amides is 2. The molecular formula is C16H26N4O2. The van der Waals surface area contributed by atoms with E-state index in [1.54, 1.807) is 0 Å². The molecule has 1 aliphatic heterocycles. The molecule has 0 aliphatic carbocycles. The van der Waals surface area contributed by atoms with Crippen molar-refractivity contribution in [3.63, 3.8) is 0 Å². The molecule has 3 N–H and O–H groups in total. The van der Waals surface area contributed by atoms with E-state index in [4.69, 9.17) is 5.11 Å². The Hall–Kier alpha value is -1.66. The van der Waals surface area contributed by atoms with Crippen LogP contribution in [-0.4, -0.2) is 52.8 Å². The maximum absolute atomic E-state index is 11.9. The van der Waals surface area contributed by atoms with Gasteiger partial charge in [-0.1, -0.05) is 13.0 Å². The third-order valence-corrected chi connectivity index (χ3v) is 4.08. The van der Waals surface area contributed by atoms with Crippen LogP contribution in [0.1, 0.15) is 31.9 Å². The lowest BCUT2D eigenvalue weighted by molar-refractivity contribution is 0.180. The van der Waals surface area contributed by atoms with Gasteiger partial charge in [-0.25, -0.2) is 4.79 Å². The molecular weight excluding hydrogens is 280 g/mol. The van der Waals surface area contributed by atoms with Crippen molar-refractivity contribution in [3.05, 3.63) is 30.1 Å². The van der Waals surface area contributed by atoms with E-state index in [0.717, 1.165) is 44.6 Å². The molecule has 122 valence electrons. The van der Waals surface area contributed by atoms with Crippen LogP contribution in [0.2, 0.25) is 0 Å². The van der Waals surface area contributed by atoms with Gasteiger partial charge >= 0.3 is 6.03 Å². The number of aliphatic hydroxyl groups excluding tert-OH is 1. The van der Waals surface area contributed by atoms with E-state index in [1.165, 1.54) is 0 Å². The van der Waals surface area contributed by atoms with Crippen molar-refractivity contribution < 1.29 is 9.90 Å². The Morgan fingerprint density at radius 3 is 2.82 bits per heavy atom. The number of carbonyl (C=O) groups is 1. The van der Waals surface area contributed by atoms with Crippen LogP contribution in [0.15, 0.2) is 24.4 Å². The number of carbonyl (C=O) groups excluding carboxylic acids is 1. The van der Waals surface area contributed by atoms with Crippen LogP contribution in [0.3, 0.4) is 0 Å². The Bertz CT molecular complexity index is 443. The van der Waals surface area contributed by atoms with Crippen molar-refractivity contribution in [2.75, 3.05) is 19.7 Å². The number of hydrogen-bond donors (Lipinski definition) is 3. The molecule has 1 unspecified atom stereocenters. The number of rotatable bonds is 6. The third kappa shape index (κ3) is 5.27. The summed E-state index contributed by atoms with van der Waals surface area (Å²) in [6.45, 7) is 4.70. The van der Waals surface area contributed by atoms with Crippen molar-refractivity contribution in [1.29, 1.82) is 0 Å². The number of aromatic nitrogens is 1. The van der Waals surface area contributed by atoms with Crippen LogP contribution in [0, 0.1) is 0 Å². The molecule has 6 nitrogen and oxygen atoms in total. The van der Waals surface area contributed by atoms with E-state index < -0.39 is 0 Å². The summed E-state index contributed by atoms with van der Waals surface area (Å²) in [6, 6.07) is 5.84. The van der Waals surface area contributed by atoms with Crippen molar-refractivity contribution in [1.82, 2.24) is 20.5 Å². The zero-order valence-corrected chi connectivity index (χ0v) is 13.2. The average Bonchev–Trinajstić information content (AvgIpc) is 2.55. The lowest BCUT2D eigenvalue weighted by Gasteiger charge is -2.32. The maximum Gasteiger partial charge on any atom is 0.315 e. The molecule has 1 fully saturated rings. The Morgan fingerprint density at radius 2 is 2.23 bits per heavy atom. The summed E-state index contributed by atoms with van der Waals surface area (Å²) >= 11 is 0. The Kier molecular flexibility index (Phi) is 6.61. The van der Waals surface area contributed by atoms with E-state index in [2.05, 4.69) is 20.5 Å². The predicted octanol–water partition coefficient (Wildman–Crippen LogP) is 1.12. The summed E-state index contributed by atoms with van der Waals surface area (Å²) in [5, 5.41) is 14.9. The van der Waals surface area contributed by atoms with Gasteiger partial charge in [-0.05, 0) is 31.4 Å². The van der Waals surface area contributed by atoms with Crippen LogP contribution in [-0.2, 0) is 6.54 Å². The lowest BCUT2D eigenvalue weighted by Crippen LogP contribution is -2.50. The van der Waals surface area contributed by atoms with Crippen molar-refractivity contribution in [3.8, 4) is 0 Å². The van der Waals surface area contributed by atoms with E-state index in [1.807, 2.05) is 31.3 Å². The van der Waals surface area contributed by atoms with E-state index in [0.29, 0.717) is 0 Å². The zero-order valence-electron chi connectivity index (χ0n) is 13.2. The second-order valence-corrected chi connectivity index (χ2v) is 5.78. The highest BCUT2D eigenvalue weighted by Gasteiger charge is 2.21. The third-order valence-electron chi connectivity index (χ3n) is 4.08. The molecule has 1 aliphatic rings. The Balaban J connectivity index is 1.69. The summed E-state index contributed by atoms with van der Waals surface area (Å²) in [7, 11) is 0. The summed E-state index contributed by atoms with van der Waals surface area (Å²) < 4.78 is 0. The number of urea groups is 1. The SMILES string of the molecule is CCC(CO)NC(=O)NC1CCN(Cc2ccccn2)CC1. The molecule has 1 saturated heterocycles. The van der Waals surface area contributed by atoms with Crippen LogP contribution >= 0.6 is 0 Å². The molecule has 6 heteroatoms. The maximum atomic E-state index is 11.9. The molecule has 0 aromatic carbocycles. The van der Waals surface area contributed by atoms with E-state index in [-0.39, 0.29) is 24.7 Å². The fourth-order valence-corrected chi connectivity index (χ4v) is 2.65. The van der Waals surface area contributed by atoms with Crippen molar-refractivity contribution in [2.24, 2.45) is 0 Å². The molecule has 0 spiro atoms. The summed E-state index contributed by atoms with van der Waals surface area (Å²) in [6.07, 6.45) is 4.43.